The number of aliphatic hydroxyl groups is 1. The Balaban J connectivity index is 1.60. The van der Waals surface area contributed by atoms with E-state index in [9.17, 15) is 19.5 Å². The van der Waals surface area contributed by atoms with Gasteiger partial charge in [0.1, 0.15) is 6.04 Å². The summed E-state index contributed by atoms with van der Waals surface area (Å²) in [6.45, 7) is 12.7. The number of carbonyl (C=O) groups is 3. The van der Waals surface area contributed by atoms with E-state index in [0.29, 0.717) is 36.6 Å². The van der Waals surface area contributed by atoms with Crippen molar-refractivity contribution in [1.82, 2.24) is 4.90 Å². The van der Waals surface area contributed by atoms with Crippen molar-refractivity contribution in [2.45, 2.75) is 49.1 Å². The standard InChI is InChI=1S/C34H40ClN3O4S/c1-5-17-36(24-14-8-7-9-15-24)31(40)27-26-21-23(4)34(43-26)28(27)32(41)38(19-10-11-20-39)30(34)33(42)37(18-6-2)29-22(3)13-12-16-25(29)35/h5-9,12-16,23,26-28,30,39H,1-2,10-11,17-21H2,3-4H3/t23?,26-,27+,28+,30?,34?/m1/s1. The summed E-state index contributed by atoms with van der Waals surface area (Å²) < 4.78 is -0.774. The number of carbonyl (C=O) groups excluding carboxylic acids is 3. The summed E-state index contributed by atoms with van der Waals surface area (Å²) in [7, 11) is 0. The normalized spacial score (nSPS) is 27.2. The van der Waals surface area contributed by atoms with E-state index in [2.05, 4.69) is 20.1 Å². The lowest BCUT2D eigenvalue weighted by atomic mass is 9.65. The molecule has 0 saturated carbocycles. The Morgan fingerprint density at radius 1 is 1.07 bits per heavy atom. The Morgan fingerprint density at radius 2 is 1.77 bits per heavy atom. The molecule has 9 heteroatoms. The van der Waals surface area contributed by atoms with Crippen LogP contribution in [0.5, 0.6) is 0 Å². The van der Waals surface area contributed by atoms with Crippen LogP contribution in [0.25, 0.3) is 0 Å². The first-order valence-electron chi connectivity index (χ1n) is 15.0. The second kappa shape index (κ2) is 12.9. The summed E-state index contributed by atoms with van der Waals surface area (Å²) in [5.41, 5.74) is 2.21. The fourth-order valence-corrected chi connectivity index (χ4v) is 10.2. The number of halogens is 1. The molecule has 228 valence electrons. The monoisotopic (exact) mass is 621 g/mol. The SMILES string of the molecule is C=CCN(C(=O)[C@@H]1[C@H]2C(=O)N(CCCCO)C(C(=O)N(CC=C)c3c(C)cccc3Cl)C23S[C@@H]1CC3C)c1ccccc1. The number of nitrogens with zero attached hydrogens (tertiary/aromatic N) is 3. The number of thioether (sulfide) groups is 1. The third-order valence-electron chi connectivity index (χ3n) is 9.25. The minimum absolute atomic E-state index is 0.00144. The predicted molar refractivity (Wildman–Crippen MR) is 174 cm³/mol. The summed E-state index contributed by atoms with van der Waals surface area (Å²) in [6.07, 6.45) is 5.17. The minimum atomic E-state index is -0.785. The van der Waals surface area contributed by atoms with Crippen molar-refractivity contribution < 1.29 is 19.5 Å². The van der Waals surface area contributed by atoms with Crippen LogP contribution in [0.4, 0.5) is 11.4 Å². The fraction of sp³-hybridized carbons (Fsp3) is 0.441. The van der Waals surface area contributed by atoms with Crippen molar-refractivity contribution in [3.05, 3.63) is 84.4 Å². The molecule has 3 aliphatic heterocycles. The molecular weight excluding hydrogens is 582 g/mol. The fourth-order valence-electron chi connectivity index (χ4n) is 7.49. The highest BCUT2D eigenvalue weighted by atomic mass is 35.5. The maximum absolute atomic E-state index is 14.9. The number of para-hydroxylation sites is 2. The molecule has 3 unspecified atom stereocenters. The first-order valence-corrected chi connectivity index (χ1v) is 16.2. The maximum atomic E-state index is 14.9. The van der Waals surface area contributed by atoms with Gasteiger partial charge in [-0.3, -0.25) is 14.4 Å². The highest BCUT2D eigenvalue weighted by Gasteiger charge is 2.76. The molecule has 3 fully saturated rings. The van der Waals surface area contributed by atoms with Crippen LogP contribution in [0.1, 0.15) is 31.7 Å². The van der Waals surface area contributed by atoms with Crippen LogP contribution < -0.4 is 9.80 Å². The first kappa shape index (κ1) is 31.4. The number of hydrogen-bond donors (Lipinski definition) is 1. The van der Waals surface area contributed by atoms with E-state index in [0.717, 1.165) is 17.7 Å². The van der Waals surface area contributed by atoms with Gasteiger partial charge >= 0.3 is 0 Å². The van der Waals surface area contributed by atoms with Gasteiger partial charge in [0.15, 0.2) is 0 Å². The van der Waals surface area contributed by atoms with Gasteiger partial charge in [0.2, 0.25) is 11.8 Å². The molecule has 1 N–H and O–H groups in total. The number of aliphatic hydroxyl groups excluding tert-OH is 1. The molecule has 1 spiro atoms. The molecule has 3 heterocycles. The van der Waals surface area contributed by atoms with Crippen molar-refractivity contribution in [3.8, 4) is 0 Å². The van der Waals surface area contributed by atoms with Crippen LogP contribution in [0.15, 0.2) is 73.8 Å². The van der Waals surface area contributed by atoms with Crippen molar-refractivity contribution in [1.29, 1.82) is 0 Å². The Hall–Kier alpha value is -3.07. The number of rotatable bonds is 12. The first-order chi connectivity index (χ1) is 20.7. The highest BCUT2D eigenvalue weighted by molar-refractivity contribution is 8.02. The molecule has 0 aromatic heterocycles. The molecule has 3 amide bonds. The molecular formula is C34H40ClN3O4S. The molecule has 0 radical (unpaired) electrons. The van der Waals surface area contributed by atoms with Gasteiger partial charge in [-0.05, 0) is 55.9 Å². The van der Waals surface area contributed by atoms with Crippen LogP contribution in [0, 0.1) is 24.7 Å². The van der Waals surface area contributed by atoms with Gasteiger partial charge in [0.05, 0.1) is 27.3 Å². The summed E-state index contributed by atoms with van der Waals surface area (Å²) >= 11 is 8.34. The largest absolute Gasteiger partial charge is 0.396 e. The zero-order valence-corrected chi connectivity index (χ0v) is 26.4. The van der Waals surface area contributed by atoms with Crippen LogP contribution in [0.3, 0.4) is 0 Å². The summed E-state index contributed by atoms with van der Waals surface area (Å²) in [5, 5.41) is 9.89. The van der Waals surface area contributed by atoms with Gasteiger partial charge < -0.3 is 19.8 Å². The van der Waals surface area contributed by atoms with E-state index in [1.165, 1.54) is 0 Å². The topological polar surface area (TPSA) is 81.2 Å². The quantitative estimate of drug-likeness (QED) is 0.250. The molecule has 5 rings (SSSR count). The summed E-state index contributed by atoms with van der Waals surface area (Å²) in [6, 6.07) is 14.2. The average molecular weight is 622 g/mol. The van der Waals surface area contributed by atoms with E-state index < -0.39 is 22.6 Å². The van der Waals surface area contributed by atoms with Gasteiger partial charge in [-0.25, -0.2) is 0 Å². The Bertz CT molecular complexity index is 1380. The van der Waals surface area contributed by atoms with Gasteiger partial charge in [-0.1, -0.05) is 61.0 Å². The number of benzene rings is 2. The van der Waals surface area contributed by atoms with E-state index in [1.807, 2.05) is 49.4 Å². The molecule has 0 aliphatic carbocycles. The van der Waals surface area contributed by atoms with Crippen molar-refractivity contribution in [2.75, 3.05) is 36.0 Å². The van der Waals surface area contributed by atoms with Crippen LogP contribution in [-0.4, -0.2) is 70.0 Å². The van der Waals surface area contributed by atoms with E-state index in [-0.39, 0.29) is 42.0 Å². The van der Waals surface area contributed by atoms with Crippen LogP contribution in [-0.2, 0) is 14.4 Å². The van der Waals surface area contributed by atoms with Gasteiger partial charge in [-0.15, -0.1) is 24.9 Å². The molecule has 2 aromatic carbocycles. The third-order valence-corrected chi connectivity index (χ3v) is 11.6. The number of aryl methyl sites for hydroxylation is 1. The maximum Gasteiger partial charge on any atom is 0.251 e. The minimum Gasteiger partial charge on any atom is -0.396 e. The van der Waals surface area contributed by atoms with Gasteiger partial charge in [0.25, 0.3) is 5.91 Å². The van der Waals surface area contributed by atoms with Gasteiger partial charge in [-0.2, -0.15) is 0 Å². The van der Waals surface area contributed by atoms with Crippen molar-refractivity contribution in [3.63, 3.8) is 0 Å². The van der Waals surface area contributed by atoms with Crippen LogP contribution >= 0.6 is 23.4 Å². The zero-order chi connectivity index (χ0) is 30.9. The number of fused-ring (bicyclic) bond motifs is 1. The number of amides is 3. The lowest BCUT2D eigenvalue weighted by Crippen LogP contribution is -2.58. The summed E-state index contributed by atoms with van der Waals surface area (Å²) in [4.78, 5) is 49.0. The molecule has 43 heavy (non-hydrogen) atoms. The molecule has 3 aliphatic rings. The molecule has 2 bridgehead atoms. The lowest BCUT2D eigenvalue weighted by Gasteiger charge is -2.41. The average Bonchev–Trinajstić information content (AvgIpc) is 3.59. The van der Waals surface area contributed by atoms with E-state index in [1.54, 1.807) is 44.7 Å². The Labute approximate surface area is 263 Å². The van der Waals surface area contributed by atoms with Crippen molar-refractivity contribution in [2.24, 2.45) is 17.8 Å². The number of hydrogen-bond acceptors (Lipinski definition) is 5. The Kier molecular flexibility index (Phi) is 9.40. The molecule has 6 atom stereocenters. The number of unbranched alkanes of at least 4 members (excludes halogenated alkanes) is 1. The second-order valence-electron chi connectivity index (χ2n) is 11.7. The molecule has 3 saturated heterocycles. The molecule has 2 aromatic rings. The van der Waals surface area contributed by atoms with Crippen LogP contribution in [0.2, 0.25) is 5.02 Å². The summed E-state index contributed by atoms with van der Waals surface area (Å²) in [5.74, 6) is -1.66. The molecule has 7 nitrogen and oxygen atoms in total. The van der Waals surface area contributed by atoms with Crippen molar-refractivity contribution >= 4 is 52.5 Å². The van der Waals surface area contributed by atoms with Gasteiger partial charge in [0, 0.05) is 37.2 Å². The number of anilines is 2. The number of likely N-dealkylation sites (tertiary alicyclic amines) is 1. The Morgan fingerprint density at radius 3 is 2.42 bits per heavy atom. The zero-order valence-electron chi connectivity index (χ0n) is 24.8. The third kappa shape index (κ3) is 5.21. The highest BCUT2D eigenvalue weighted by Crippen LogP contribution is 2.69. The second-order valence-corrected chi connectivity index (χ2v) is 13.7. The van der Waals surface area contributed by atoms with E-state index >= 15 is 0 Å². The van der Waals surface area contributed by atoms with E-state index in [4.69, 9.17) is 11.6 Å². The lowest BCUT2D eigenvalue weighted by molar-refractivity contribution is -0.139. The predicted octanol–water partition coefficient (Wildman–Crippen LogP) is 5.50. The smallest absolute Gasteiger partial charge is 0.251 e.